The molecule has 0 N–H and O–H groups in total. The number of benzene rings is 5. The molecule has 1 aromatic heterocycles. The highest BCUT2D eigenvalue weighted by atomic mass is 28.3. The molecule has 0 saturated carbocycles. The SMILES string of the molecule is CCCOc1ccc([Si](Cn2ccnc2[B]C(c2ccccc2)c2ccccc2)(c2ccccc2)c2ccc(OCCC)cc2)cc1. The molecule has 1 radical (unpaired) electrons. The molecule has 0 bridgehead atoms. The lowest BCUT2D eigenvalue weighted by atomic mass is 9.58. The van der Waals surface area contributed by atoms with Gasteiger partial charge in [0.25, 0.3) is 0 Å². The Hall–Kier alpha value is -4.81. The van der Waals surface area contributed by atoms with Gasteiger partial charge in [0.1, 0.15) is 11.5 Å². The van der Waals surface area contributed by atoms with E-state index in [1.54, 1.807) is 0 Å². The molecule has 6 heteroatoms. The minimum Gasteiger partial charge on any atom is -0.494 e. The molecule has 0 aliphatic heterocycles. The van der Waals surface area contributed by atoms with Gasteiger partial charge in [0.15, 0.2) is 8.07 Å². The lowest BCUT2D eigenvalue weighted by Crippen LogP contribution is -2.70. The van der Waals surface area contributed by atoms with E-state index in [-0.39, 0.29) is 5.82 Å². The molecule has 5 aromatic carbocycles. The predicted molar refractivity (Wildman–Crippen MR) is 198 cm³/mol. The maximum absolute atomic E-state index is 6.02. The highest BCUT2D eigenvalue weighted by Gasteiger charge is 2.40. The minimum atomic E-state index is -2.69. The summed E-state index contributed by atoms with van der Waals surface area (Å²) in [5, 5.41) is 3.97. The van der Waals surface area contributed by atoms with E-state index < -0.39 is 8.07 Å². The number of imidazole rings is 1. The van der Waals surface area contributed by atoms with Crippen molar-refractivity contribution in [2.45, 2.75) is 38.7 Å². The third-order valence-electron chi connectivity index (χ3n) is 8.69. The van der Waals surface area contributed by atoms with Gasteiger partial charge in [-0.3, -0.25) is 4.98 Å². The predicted octanol–water partition coefficient (Wildman–Crippen LogP) is 6.29. The molecule has 0 saturated heterocycles. The lowest BCUT2D eigenvalue weighted by molar-refractivity contribution is 0.317. The van der Waals surface area contributed by atoms with Crippen molar-refractivity contribution in [1.82, 2.24) is 9.55 Å². The van der Waals surface area contributed by atoms with E-state index in [9.17, 15) is 0 Å². The van der Waals surface area contributed by atoms with Crippen LogP contribution in [0.1, 0.15) is 43.6 Å². The second-order valence-corrected chi connectivity index (χ2v) is 15.8. The molecule has 0 unspecified atom stereocenters. The smallest absolute Gasteiger partial charge is 0.215 e. The number of hydrogen-bond acceptors (Lipinski definition) is 3. The van der Waals surface area contributed by atoms with Crippen molar-refractivity contribution in [3.63, 3.8) is 0 Å². The molecule has 6 aromatic rings. The van der Waals surface area contributed by atoms with Gasteiger partial charge in [-0.25, -0.2) is 0 Å². The van der Waals surface area contributed by atoms with Gasteiger partial charge in [-0.05, 0) is 69.6 Å². The first-order valence-corrected chi connectivity index (χ1v) is 18.9. The van der Waals surface area contributed by atoms with Crippen LogP contribution in [0.4, 0.5) is 0 Å². The summed E-state index contributed by atoms with van der Waals surface area (Å²) in [7, 11) is -0.368. The summed E-state index contributed by atoms with van der Waals surface area (Å²) in [6.07, 6.45) is 6.81. The molecule has 0 fully saturated rings. The molecule has 0 aliphatic rings. The largest absolute Gasteiger partial charge is 0.494 e. The first kappa shape index (κ1) is 32.1. The van der Waals surface area contributed by atoms with E-state index >= 15 is 0 Å². The summed E-state index contributed by atoms with van der Waals surface area (Å²) in [5.41, 5.74) is 3.44. The van der Waals surface area contributed by atoms with Crippen LogP contribution in [0.15, 0.2) is 152 Å². The molecular formula is C41H42BN2O2Si. The van der Waals surface area contributed by atoms with Crippen molar-refractivity contribution < 1.29 is 9.47 Å². The number of nitrogens with zero attached hydrogens (tertiary/aromatic N) is 2. The number of hydrogen-bond donors (Lipinski definition) is 0. The van der Waals surface area contributed by atoms with Gasteiger partial charge >= 0.3 is 0 Å². The average molecular weight is 634 g/mol. The molecular weight excluding hydrogens is 591 g/mol. The maximum atomic E-state index is 6.02. The van der Waals surface area contributed by atoms with Crippen LogP contribution in [0.25, 0.3) is 0 Å². The molecule has 0 aliphatic carbocycles. The molecule has 47 heavy (non-hydrogen) atoms. The zero-order valence-electron chi connectivity index (χ0n) is 27.3. The van der Waals surface area contributed by atoms with Crippen molar-refractivity contribution in [3.05, 3.63) is 163 Å². The average Bonchev–Trinajstić information content (AvgIpc) is 3.59. The van der Waals surface area contributed by atoms with Crippen LogP contribution in [0.3, 0.4) is 0 Å². The van der Waals surface area contributed by atoms with E-state index in [1.807, 2.05) is 6.20 Å². The minimum absolute atomic E-state index is 0.0661. The standard InChI is InChI=1S/C41H42BN2O2Si/c1-3-30-45-35-20-24-38(25-21-35)47(37-18-12-7-13-19-37,39-26-22-36(23-27-39)46-31-4-2)32-44-29-28-43-41(44)42-40(33-14-8-5-9-15-33)34-16-10-6-11-17-34/h5-29,40H,3-4,30-32H2,1-2H3. The Morgan fingerprint density at radius 2 is 1.04 bits per heavy atom. The van der Waals surface area contributed by atoms with E-state index in [0.717, 1.165) is 36.2 Å². The Balaban J connectivity index is 1.47. The summed E-state index contributed by atoms with van der Waals surface area (Å²) in [5.74, 6) is 1.87. The fraction of sp³-hybridized carbons (Fsp3) is 0.195. The van der Waals surface area contributed by atoms with Gasteiger partial charge in [-0.1, -0.05) is 129 Å². The van der Waals surface area contributed by atoms with Crippen LogP contribution < -0.4 is 30.8 Å². The molecule has 0 amide bonds. The van der Waals surface area contributed by atoms with E-state index in [1.165, 1.54) is 26.7 Å². The van der Waals surface area contributed by atoms with Crippen molar-refractivity contribution >= 4 is 36.6 Å². The van der Waals surface area contributed by atoms with Crippen LogP contribution in [-0.4, -0.2) is 38.1 Å². The fourth-order valence-corrected chi connectivity index (χ4v) is 10.9. The topological polar surface area (TPSA) is 36.3 Å². The molecule has 4 nitrogen and oxygen atoms in total. The van der Waals surface area contributed by atoms with Crippen LogP contribution in [0.5, 0.6) is 11.5 Å². The molecule has 6 rings (SSSR count). The molecule has 235 valence electrons. The maximum Gasteiger partial charge on any atom is 0.215 e. The third kappa shape index (κ3) is 7.44. The van der Waals surface area contributed by atoms with E-state index in [4.69, 9.17) is 14.5 Å². The second-order valence-electron chi connectivity index (χ2n) is 11.9. The summed E-state index contributed by atoms with van der Waals surface area (Å²) in [6, 6.07) is 50.1. The second kappa shape index (κ2) is 15.7. The molecule has 1 heterocycles. The van der Waals surface area contributed by atoms with Crippen molar-refractivity contribution in [3.8, 4) is 11.5 Å². The first-order valence-electron chi connectivity index (χ1n) is 16.7. The van der Waals surface area contributed by atoms with Crippen LogP contribution in [0.2, 0.25) is 0 Å². The number of ether oxygens (including phenoxy) is 2. The summed E-state index contributed by atoms with van der Waals surface area (Å²) in [4.78, 5) is 4.96. The number of rotatable bonds is 15. The monoisotopic (exact) mass is 633 g/mol. The zero-order chi connectivity index (χ0) is 32.3. The quantitative estimate of drug-likeness (QED) is 0.0986. The summed E-state index contributed by atoms with van der Waals surface area (Å²) < 4.78 is 14.4. The molecule has 0 spiro atoms. The third-order valence-corrected chi connectivity index (χ3v) is 13.5. The van der Waals surface area contributed by atoms with Crippen LogP contribution in [0, 0.1) is 0 Å². The Kier molecular flexibility index (Phi) is 10.7. The number of aromatic nitrogens is 2. The molecule has 0 atom stereocenters. The lowest BCUT2D eigenvalue weighted by Gasteiger charge is -2.35. The van der Waals surface area contributed by atoms with Crippen molar-refractivity contribution in [2.24, 2.45) is 0 Å². The van der Waals surface area contributed by atoms with Gasteiger partial charge in [-0.2, -0.15) is 0 Å². The Bertz CT molecular complexity index is 1700. The Morgan fingerprint density at radius 3 is 1.51 bits per heavy atom. The van der Waals surface area contributed by atoms with Gasteiger partial charge in [0, 0.05) is 18.6 Å². The van der Waals surface area contributed by atoms with Crippen LogP contribution >= 0.6 is 0 Å². The van der Waals surface area contributed by atoms with Gasteiger partial charge in [0.05, 0.1) is 18.9 Å². The first-order chi connectivity index (χ1) is 23.2. The van der Waals surface area contributed by atoms with Gasteiger partial charge in [-0.15, -0.1) is 0 Å². The fourth-order valence-electron chi connectivity index (χ4n) is 6.33. The van der Waals surface area contributed by atoms with Crippen molar-refractivity contribution in [1.29, 1.82) is 0 Å². The summed E-state index contributed by atoms with van der Waals surface area (Å²) in [6.45, 7) is 5.68. The highest BCUT2D eigenvalue weighted by Crippen LogP contribution is 2.24. The Morgan fingerprint density at radius 1 is 0.596 bits per heavy atom. The summed E-state index contributed by atoms with van der Waals surface area (Å²) >= 11 is 0. The van der Waals surface area contributed by atoms with Gasteiger partial charge in [0.2, 0.25) is 7.28 Å². The van der Waals surface area contributed by atoms with Crippen molar-refractivity contribution in [2.75, 3.05) is 13.2 Å². The highest BCUT2D eigenvalue weighted by molar-refractivity contribution is 7.10. The zero-order valence-corrected chi connectivity index (χ0v) is 28.3. The van der Waals surface area contributed by atoms with E-state index in [0.29, 0.717) is 13.2 Å². The van der Waals surface area contributed by atoms with Crippen LogP contribution in [-0.2, 0) is 6.17 Å². The normalized spacial score (nSPS) is 11.4. The van der Waals surface area contributed by atoms with E-state index in [2.05, 4.69) is 171 Å². The van der Waals surface area contributed by atoms with Gasteiger partial charge < -0.3 is 14.0 Å². The Labute approximate surface area is 281 Å².